The van der Waals surface area contributed by atoms with Crippen molar-refractivity contribution in [2.45, 2.75) is 39.7 Å². The van der Waals surface area contributed by atoms with Crippen molar-refractivity contribution in [3.63, 3.8) is 0 Å². The molecule has 112 valence electrons. The van der Waals surface area contributed by atoms with Crippen LogP contribution in [0.15, 0.2) is 23.1 Å². The lowest BCUT2D eigenvalue weighted by molar-refractivity contribution is 0.262. The number of anilines is 1. The van der Waals surface area contributed by atoms with Crippen molar-refractivity contribution >= 4 is 17.3 Å². The Morgan fingerprint density at radius 3 is 2.57 bits per heavy atom. The summed E-state index contributed by atoms with van der Waals surface area (Å²) in [6.07, 6.45) is 5.14. The van der Waals surface area contributed by atoms with Crippen LogP contribution >= 0.6 is 11.6 Å². The zero-order chi connectivity index (χ0) is 15.0. The Morgan fingerprint density at radius 1 is 1.33 bits per heavy atom. The molecule has 1 fully saturated rings. The SMILES string of the molecule is Cc1ccc(C)n1Nc1c(Cl)cnn(CC2CCC2)c1=O. The molecule has 6 heteroatoms. The number of hydrogen-bond donors (Lipinski definition) is 1. The number of aromatic nitrogens is 3. The Balaban J connectivity index is 1.93. The van der Waals surface area contributed by atoms with Gasteiger partial charge in [0, 0.05) is 17.9 Å². The van der Waals surface area contributed by atoms with Crippen molar-refractivity contribution in [3.05, 3.63) is 45.1 Å². The van der Waals surface area contributed by atoms with Crippen LogP contribution < -0.4 is 11.0 Å². The highest BCUT2D eigenvalue weighted by Crippen LogP contribution is 2.27. The van der Waals surface area contributed by atoms with Gasteiger partial charge < -0.3 is 0 Å². The normalized spacial score (nSPS) is 15.0. The highest BCUT2D eigenvalue weighted by Gasteiger charge is 2.20. The zero-order valence-electron chi connectivity index (χ0n) is 12.3. The minimum absolute atomic E-state index is 0.165. The Kier molecular flexibility index (Phi) is 3.76. The number of nitrogens with zero attached hydrogens (tertiary/aromatic N) is 3. The first kappa shape index (κ1) is 14.2. The summed E-state index contributed by atoms with van der Waals surface area (Å²) in [5.74, 6) is 0.569. The van der Waals surface area contributed by atoms with Gasteiger partial charge in [0.15, 0.2) is 0 Å². The first-order chi connectivity index (χ1) is 10.1. The van der Waals surface area contributed by atoms with E-state index >= 15 is 0 Å². The van der Waals surface area contributed by atoms with Crippen molar-refractivity contribution in [3.8, 4) is 0 Å². The van der Waals surface area contributed by atoms with Gasteiger partial charge >= 0.3 is 0 Å². The Labute approximate surface area is 128 Å². The Hall–Kier alpha value is -1.75. The van der Waals surface area contributed by atoms with Crippen molar-refractivity contribution in [2.75, 3.05) is 5.43 Å². The van der Waals surface area contributed by atoms with Gasteiger partial charge in [0.1, 0.15) is 5.69 Å². The number of hydrogen-bond acceptors (Lipinski definition) is 3. The van der Waals surface area contributed by atoms with Gasteiger partial charge in [0.25, 0.3) is 5.56 Å². The molecule has 2 aromatic heterocycles. The molecule has 5 nitrogen and oxygen atoms in total. The van der Waals surface area contributed by atoms with E-state index in [0.29, 0.717) is 23.2 Å². The van der Waals surface area contributed by atoms with Crippen LogP contribution in [0.1, 0.15) is 30.7 Å². The van der Waals surface area contributed by atoms with E-state index in [2.05, 4.69) is 10.5 Å². The number of rotatable bonds is 4. The van der Waals surface area contributed by atoms with Crippen LogP contribution in [0.3, 0.4) is 0 Å². The lowest BCUT2D eigenvalue weighted by Gasteiger charge is -2.25. The summed E-state index contributed by atoms with van der Waals surface area (Å²) in [5, 5.41) is 4.50. The van der Waals surface area contributed by atoms with Gasteiger partial charge in [-0.25, -0.2) is 4.68 Å². The van der Waals surface area contributed by atoms with Crippen molar-refractivity contribution in [1.82, 2.24) is 14.5 Å². The van der Waals surface area contributed by atoms with Gasteiger partial charge in [-0.3, -0.25) is 14.9 Å². The summed E-state index contributed by atoms with van der Waals surface area (Å²) in [4.78, 5) is 12.6. The highest BCUT2D eigenvalue weighted by molar-refractivity contribution is 6.32. The fraction of sp³-hybridized carbons (Fsp3) is 0.467. The van der Waals surface area contributed by atoms with Crippen LogP contribution in [-0.4, -0.2) is 14.5 Å². The summed E-state index contributed by atoms with van der Waals surface area (Å²) in [6.45, 7) is 4.62. The third-order valence-electron chi connectivity index (χ3n) is 4.15. The summed E-state index contributed by atoms with van der Waals surface area (Å²) in [7, 11) is 0. The maximum Gasteiger partial charge on any atom is 0.293 e. The fourth-order valence-electron chi connectivity index (χ4n) is 2.58. The van der Waals surface area contributed by atoms with Crippen LogP contribution in [-0.2, 0) is 6.54 Å². The molecule has 1 aliphatic rings. The van der Waals surface area contributed by atoms with Crippen molar-refractivity contribution < 1.29 is 0 Å². The largest absolute Gasteiger partial charge is 0.293 e. The number of aryl methyl sites for hydroxylation is 2. The molecule has 0 amide bonds. The predicted octanol–water partition coefficient (Wildman–Crippen LogP) is 2.99. The Morgan fingerprint density at radius 2 is 2.00 bits per heavy atom. The summed E-state index contributed by atoms with van der Waals surface area (Å²) in [6, 6.07) is 3.98. The average Bonchev–Trinajstić information content (AvgIpc) is 2.71. The first-order valence-corrected chi connectivity index (χ1v) is 7.61. The minimum atomic E-state index is -0.165. The van der Waals surface area contributed by atoms with E-state index in [1.54, 1.807) is 0 Å². The topological polar surface area (TPSA) is 51.9 Å². The second kappa shape index (κ2) is 5.56. The molecule has 0 unspecified atom stereocenters. The molecule has 0 spiro atoms. The molecule has 21 heavy (non-hydrogen) atoms. The van der Waals surface area contributed by atoms with Crippen LogP contribution in [0.5, 0.6) is 0 Å². The molecule has 3 rings (SSSR count). The summed E-state index contributed by atoms with van der Waals surface area (Å²) < 4.78 is 3.38. The van der Waals surface area contributed by atoms with Crippen LogP contribution in [0.2, 0.25) is 5.02 Å². The maximum atomic E-state index is 12.6. The van der Waals surface area contributed by atoms with E-state index in [-0.39, 0.29) is 5.56 Å². The molecular weight excluding hydrogens is 288 g/mol. The van der Waals surface area contributed by atoms with Gasteiger partial charge in [-0.05, 0) is 44.7 Å². The molecule has 0 aromatic carbocycles. The van der Waals surface area contributed by atoms with Gasteiger partial charge in [-0.15, -0.1) is 0 Å². The monoisotopic (exact) mass is 306 g/mol. The van der Waals surface area contributed by atoms with Gasteiger partial charge in [-0.1, -0.05) is 18.0 Å². The van der Waals surface area contributed by atoms with Gasteiger partial charge in [0.05, 0.1) is 11.2 Å². The molecule has 0 atom stereocenters. The van der Waals surface area contributed by atoms with E-state index in [9.17, 15) is 4.79 Å². The predicted molar refractivity (Wildman–Crippen MR) is 83.8 cm³/mol. The van der Waals surface area contributed by atoms with Crippen LogP contribution in [0, 0.1) is 19.8 Å². The van der Waals surface area contributed by atoms with Crippen molar-refractivity contribution in [1.29, 1.82) is 0 Å². The van der Waals surface area contributed by atoms with Crippen LogP contribution in [0.4, 0.5) is 5.69 Å². The lowest BCUT2D eigenvalue weighted by atomic mass is 9.85. The lowest BCUT2D eigenvalue weighted by Crippen LogP contribution is -2.32. The second-order valence-electron chi connectivity index (χ2n) is 5.72. The molecule has 1 aliphatic carbocycles. The highest BCUT2D eigenvalue weighted by atomic mass is 35.5. The third-order valence-corrected chi connectivity index (χ3v) is 4.43. The summed E-state index contributed by atoms with van der Waals surface area (Å²) in [5.41, 5.74) is 5.37. The third kappa shape index (κ3) is 2.70. The average molecular weight is 307 g/mol. The number of halogens is 1. The molecule has 2 heterocycles. The molecule has 2 aromatic rings. The van der Waals surface area contributed by atoms with Crippen LogP contribution in [0.25, 0.3) is 0 Å². The van der Waals surface area contributed by atoms with E-state index in [1.165, 1.54) is 30.1 Å². The zero-order valence-corrected chi connectivity index (χ0v) is 13.0. The molecule has 0 saturated heterocycles. The van der Waals surface area contributed by atoms with E-state index in [1.807, 2.05) is 30.7 Å². The fourth-order valence-corrected chi connectivity index (χ4v) is 2.74. The standard InChI is InChI=1S/C15H19ClN4O/c1-10-6-7-11(2)20(10)18-14-13(16)8-17-19(15(14)21)9-12-4-3-5-12/h6-8,12,18H,3-5,9H2,1-2H3. The second-order valence-corrected chi connectivity index (χ2v) is 6.12. The minimum Gasteiger partial charge on any atom is -0.288 e. The van der Waals surface area contributed by atoms with E-state index in [0.717, 1.165) is 11.4 Å². The first-order valence-electron chi connectivity index (χ1n) is 7.24. The van der Waals surface area contributed by atoms with E-state index < -0.39 is 0 Å². The van der Waals surface area contributed by atoms with Crippen molar-refractivity contribution in [2.24, 2.45) is 5.92 Å². The summed E-state index contributed by atoms with van der Waals surface area (Å²) >= 11 is 6.16. The van der Waals surface area contributed by atoms with Gasteiger partial charge in [0.2, 0.25) is 0 Å². The molecule has 0 aliphatic heterocycles. The van der Waals surface area contributed by atoms with Gasteiger partial charge in [-0.2, -0.15) is 5.10 Å². The smallest absolute Gasteiger partial charge is 0.288 e. The van der Waals surface area contributed by atoms with E-state index in [4.69, 9.17) is 11.6 Å². The molecule has 1 N–H and O–H groups in total. The maximum absolute atomic E-state index is 12.6. The number of nitrogens with one attached hydrogen (secondary N) is 1. The molecule has 0 radical (unpaired) electrons. The molecular formula is C15H19ClN4O. The molecule has 0 bridgehead atoms. The Bertz CT molecular complexity index is 695. The quantitative estimate of drug-likeness (QED) is 0.945. The molecule has 1 saturated carbocycles.